The second-order valence-electron chi connectivity index (χ2n) is 10.9. The number of hydrogen-bond acceptors (Lipinski definition) is 4. The quantitative estimate of drug-likeness (QED) is 0.525. The van der Waals surface area contributed by atoms with Gasteiger partial charge in [-0.3, -0.25) is 4.99 Å². The van der Waals surface area contributed by atoms with Crippen molar-refractivity contribution < 1.29 is 14.3 Å². The highest BCUT2D eigenvalue weighted by molar-refractivity contribution is 5.80. The molecule has 31 heavy (non-hydrogen) atoms. The molecule has 0 aromatic heterocycles. The number of amides is 1. The number of fused-ring (bicyclic) bond motifs is 1. The highest BCUT2D eigenvalue weighted by Crippen LogP contribution is 2.52. The molecule has 1 saturated carbocycles. The summed E-state index contributed by atoms with van der Waals surface area (Å²) in [6.45, 7) is 19.6. The van der Waals surface area contributed by atoms with Gasteiger partial charge in [-0.25, -0.2) is 4.79 Å². The van der Waals surface area contributed by atoms with Crippen molar-refractivity contribution in [2.24, 2.45) is 22.2 Å². The number of carbonyl (C=O) groups excluding carboxylic acids is 1. The molecule has 0 bridgehead atoms. The Morgan fingerprint density at radius 2 is 1.90 bits per heavy atom. The SMILES string of the molecule is CCN=C(NC1C2CCOC2C1(C)C)N1CCC(CN(CC)C(=O)OC(C)(C)C)CC1. The van der Waals surface area contributed by atoms with E-state index in [1.165, 1.54) is 0 Å². The van der Waals surface area contributed by atoms with E-state index in [1.54, 1.807) is 0 Å². The van der Waals surface area contributed by atoms with Gasteiger partial charge in [-0.1, -0.05) is 13.8 Å². The maximum Gasteiger partial charge on any atom is 0.410 e. The average Bonchev–Trinajstić information content (AvgIpc) is 3.15. The molecule has 1 N–H and O–H groups in total. The number of hydrogen-bond donors (Lipinski definition) is 1. The molecule has 7 heteroatoms. The average molecular weight is 437 g/mol. The van der Waals surface area contributed by atoms with Gasteiger partial charge < -0.3 is 24.6 Å². The number of guanidine groups is 1. The maximum absolute atomic E-state index is 12.5. The van der Waals surface area contributed by atoms with Gasteiger partial charge >= 0.3 is 6.09 Å². The topological polar surface area (TPSA) is 66.4 Å². The zero-order valence-corrected chi connectivity index (χ0v) is 20.7. The van der Waals surface area contributed by atoms with Gasteiger partial charge in [0.2, 0.25) is 0 Å². The van der Waals surface area contributed by atoms with Gasteiger partial charge in [0.1, 0.15) is 5.60 Å². The van der Waals surface area contributed by atoms with Crippen LogP contribution < -0.4 is 5.32 Å². The third-order valence-electron chi connectivity index (χ3n) is 7.12. The lowest BCUT2D eigenvalue weighted by atomic mass is 9.57. The predicted octanol–water partition coefficient (Wildman–Crippen LogP) is 3.73. The van der Waals surface area contributed by atoms with Crippen LogP contribution in [0.1, 0.15) is 67.7 Å². The van der Waals surface area contributed by atoms with E-state index in [2.05, 4.69) is 31.0 Å². The number of rotatable bonds is 5. The zero-order chi connectivity index (χ0) is 22.8. The van der Waals surface area contributed by atoms with Crippen LogP contribution in [0.2, 0.25) is 0 Å². The standard InChI is InChI=1S/C24H44N4O3/c1-8-25-21(26-19-18-12-15-30-20(18)24(19,6)7)28-13-10-17(11-14-28)16-27(9-2)22(29)31-23(3,4)5/h17-20H,8-16H2,1-7H3,(H,25,26). The van der Waals surface area contributed by atoms with Crippen LogP contribution in [0.25, 0.3) is 0 Å². The van der Waals surface area contributed by atoms with Crippen molar-refractivity contribution in [2.75, 3.05) is 39.3 Å². The zero-order valence-electron chi connectivity index (χ0n) is 20.7. The summed E-state index contributed by atoms with van der Waals surface area (Å²) >= 11 is 0. The molecular formula is C24H44N4O3. The summed E-state index contributed by atoms with van der Waals surface area (Å²) < 4.78 is 11.5. The molecule has 1 aliphatic carbocycles. The minimum Gasteiger partial charge on any atom is -0.444 e. The minimum atomic E-state index is -0.455. The first-order valence-corrected chi connectivity index (χ1v) is 12.2. The van der Waals surface area contributed by atoms with Gasteiger partial charge in [0.05, 0.1) is 6.10 Å². The van der Waals surface area contributed by atoms with Crippen LogP contribution in [0.15, 0.2) is 4.99 Å². The number of piperidine rings is 1. The maximum atomic E-state index is 12.5. The summed E-state index contributed by atoms with van der Waals surface area (Å²) in [5.41, 5.74) is -0.313. The van der Waals surface area contributed by atoms with E-state index in [9.17, 15) is 4.79 Å². The number of nitrogens with one attached hydrogen (secondary N) is 1. The van der Waals surface area contributed by atoms with Crippen molar-refractivity contribution in [3.05, 3.63) is 0 Å². The van der Waals surface area contributed by atoms with Gasteiger partial charge in [-0.15, -0.1) is 0 Å². The molecule has 3 fully saturated rings. The van der Waals surface area contributed by atoms with Crippen LogP contribution in [-0.2, 0) is 9.47 Å². The van der Waals surface area contributed by atoms with Crippen LogP contribution >= 0.6 is 0 Å². The first kappa shape index (κ1) is 24.1. The molecule has 3 aliphatic rings. The first-order valence-electron chi connectivity index (χ1n) is 12.2. The molecule has 3 rings (SSSR count). The normalized spacial score (nSPS) is 28.7. The van der Waals surface area contributed by atoms with Crippen LogP contribution in [0.4, 0.5) is 4.79 Å². The highest BCUT2D eigenvalue weighted by atomic mass is 16.6. The number of aliphatic imine (C=N–C) groups is 1. The molecule has 7 nitrogen and oxygen atoms in total. The summed E-state index contributed by atoms with van der Waals surface area (Å²) in [5, 5.41) is 3.81. The number of nitrogens with zero attached hydrogens (tertiary/aromatic N) is 3. The Balaban J connectivity index is 1.53. The molecular weight excluding hydrogens is 392 g/mol. The lowest BCUT2D eigenvalue weighted by Gasteiger charge is -2.55. The number of ether oxygens (including phenoxy) is 2. The fourth-order valence-electron chi connectivity index (χ4n) is 5.44. The molecule has 0 spiro atoms. The van der Waals surface area contributed by atoms with Gasteiger partial charge in [-0.2, -0.15) is 0 Å². The Morgan fingerprint density at radius 1 is 1.23 bits per heavy atom. The van der Waals surface area contributed by atoms with Crippen LogP contribution in [0, 0.1) is 17.3 Å². The van der Waals surface area contributed by atoms with Crippen molar-refractivity contribution in [3.63, 3.8) is 0 Å². The van der Waals surface area contributed by atoms with Crippen molar-refractivity contribution in [1.82, 2.24) is 15.1 Å². The van der Waals surface area contributed by atoms with E-state index in [1.807, 2.05) is 32.6 Å². The highest BCUT2D eigenvalue weighted by Gasteiger charge is 2.59. The van der Waals surface area contributed by atoms with Crippen molar-refractivity contribution in [2.45, 2.75) is 85.5 Å². The molecule has 2 heterocycles. The van der Waals surface area contributed by atoms with Crippen LogP contribution in [0.3, 0.4) is 0 Å². The summed E-state index contributed by atoms with van der Waals surface area (Å²) in [4.78, 5) is 21.6. The van der Waals surface area contributed by atoms with Gasteiger partial charge in [0.15, 0.2) is 5.96 Å². The Hall–Kier alpha value is -1.50. The molecule has 1 amide bonds. The van der Waals surface area contributed by atoms with Gasteiger partial charge in [-0.05, 0) is 59.8 Å². The fraction of sp³-hybridized carbons (Fsp3) is 0.917. The smallest absolute Gasteiger partial charge is 0.410 e. The molecule has 2 aliphatic heterocycles. The molecule has 178 valence electrons. The third kappa shape index (κ3) is 5.47. The summed E-state index contributed by atoms with van der Waals surface area (Å²) in [6.07, 6.45) is 3.45. The van der Waals surface area contributed by atoms with Crippen molar-refractivity contribution in [1.29, 1.82) is 0 Å². The Kier molecular flexibility index (Phi) is 7.44. The van der Waals surface area contributed by atoms with E-state index in [0.29, 0.717) is 30.5 Å². The largest absolute Gasteiger partial charge is 0.444 e. The van der Waals surface area contributed by atoms with Gasteiger partial charge in [0, 0.05) is 56.7 Å². The molecule has 2 saturated heterocycles. The van der Waals surface area contributed by atoms with Crippen LogP contribution in [0.5, 0.6) is 0 Å². The third-order valence-corrected chi connectivity index (χ3v) is 7.12. The lowest BCUT2D eigenvalue weighted by Crippen LogP contribution is -2.68. The van der Waals surface area contributed by atoms with E-state index < -0.39 is 5.60 Å². The summed E-state index contributed by atoms with van der Waals surface area (Å²) in [5.74, 6) is 2.14. The van der Waals surface area contributed by atoms with Crippen LogP contribution in [-0.4, -0.2) is 78.9 Å². The van der Waals surface area contributed by atoms with Gasteiger partial charge in [0.25, 0.3) is 0 Å². The summed E-state index contributed by atoms with van der Waals surface area (Å²) in [6, 6.07) is 0.422. The van der Waals surface area contributed by atoms with Crippen molar-refractivity contribution in [3.8, 4) is 0 Å². The molecule has 3 unspecified atom stereocenters. The number of carbonyl (C=O) groups is 1. The molecule has 0 radical (unpaired) electrons. The fourth-order valence-corrected chi connectivity index (χ4v) is 5.44. The number of likely N-dealkylation sites (tertiary alicyclic amines) is 1. The second-order valence-corrected chi connectivity index (χ2v) is 10.9. The first-order chi connectivity index (χ1) is 14.6. The molecule has 3 atom stereocenters. The lowest BCUT2D eigenvalue weighted by molar-refractivity contribution is -0.107. The second kappa shape index (κ2) is 9.55. The minimum absolute atomic E-state index is 0.142. The Bertz CT molecular complexity index is 650. The Labute approximate surface area is 188 Å². The monoisotopic (exact) mass is 436 g/mol. The van der Waals surface area contributed by atoms with E-state index in [-0.39, 0.29) is 11.5 Å². The van der Waals surface area contributed by atoms with E-state index in [0.717, 1.165) is 58.0 Å². The van der Waals surface area contributed by atoms with E-state index >= 15 is 0 Å². The Morgan fingerprint density at radius 3 is 2.48 bits per heavy atom. The van der Waals surface area contributed by atoms with E-state index in [4.69, 9.17) is 14.5 Å². The van der Waals surface area contributed by atoms with Crippen molar-refractivity contribution >= 4 is 12.1 Å². The predicted molar refractivity (Wildman–Crippen MR) is 124 cm³/mol. The molecule has 0 aromatic carbocycles. The molecule has 0 aromatic rings. The summed E-state index contributed by atoms with van der Waals surface area (Å²) in [7, 11) is 0.